The van der Waals surface area contributed by atoms with Crippen molar-refractivity contribution in [3.63, 3.8) is 0 Å². The molecule has 20 heavy (non-hydrogen) atoms. The van der Waals surface area contributed by atoms with E-state index in [0.29, 0.717) is 0 Å². The molecule has 0 spiro atoms. The Morgan fingerprint density at radius 3 is 2.20 bits per heavy atom. The molecule has 1 amide bonds. The number of aliphatic hydroxyl groups excluding tert-OH is 5. The van der Waals surface area contributed by atoms with Crippen molar-refractivity contribution < 1.29 is 30.3 Å². The number of nitrogens with one attached hydrogen (secondary N) is 1. The fraction of sp³-hybridized carbons (Fsp3) is 0.462. The van der Waals surface area contributed by atoms with E-state index in [-0.39, 0.29) is 6.54 Å². The summed E-state index contributed by atoms with van der Waals surface area (Å²) in [5.74, 6) is -0.884. The minimum Gasteiger partial charge on any atom is -0.394 e. The summed E-state index contributed by atoms with van der Waals surface area (Å²) in [4.78, 5) is 11.6. The molecule has 1 aromatic carbocycles. The van der Waals surface area contributed by atoms with Gasteiger partial charge in [0.15, 0.2) is 6.10 Å². The van der Waals surface area contributed by atoms with E-state index in [1.54, 1.807) is 24.3 Å². The standard InChI is InChI=1S/C13H19NO6/c15-7-9(16)10(17)11(18)12(19)13(20)14-6-8-4-2-1-3-5-8/h1-5,9-12,15-19H,6-7H2,(H,14,20)/t9-,10-,11-,12+/m1/s1. The van der Waals surface area contributed by atoms with Crippen LogP contribution in [0.3, 0.4) is 0 Å². The van der Waals surface area contributed by atoms with Crippen molar-refractivity contribution >= 4 is 5.91 Å². The quantitative estimate of drug-likeness (QED) is 0.335. The molecular formula is C13H19NO6. The summed E-state index contributed by atoms with van der Waals surface area (Å²) in [7, 11) is 0. The third-order valence-electron chi connectivity index (χ3n) is 2.83. The van der Waals surface area contributed by atoms with Gasteiger partial charge in [0.25, 0.3) is 5.91 Å². The van der Waals surface area contributed by atoms with E-state index in [1.807, 2.05) is 6.07 Å². The van der Waals surface area contributed by atoms with Gasteiger partial charge in [-0.2, -0.15) is 0 Å². The summed E-state index contributed by atoms with van der Waals surface area (Å²) in [5, 5.41) is 48.6. The van der Waals surface area contributed by atoms with E-state index in [2.05, 4.69) is 5.32 Å². The molecule has 0 saturated heterocycles. The first-order valence-corrected chi connectivity index (χ1v) is 6.12. The number of amides is 1. The van der Waals surface area contributed by atoms with Crippen molar-refractivity contribution in [1.29, 1.82) is 0 Å². The van der Waals surface area contributed by atoms with Gasteiger partial charge in [-0.15, -0.1) is 0 Å². The summed E-state index contributed by atoms with van der Waals surface area (Å²) >= 11 is 0. The predicted molar refractivity (Wildman–Crippen MR) is 69.4 cm³/mol. The van der Waals surface area contributed by atoms with Crippen molar-refractivity contribution in [1.82, 2.24) is 5.32 Å². The Balaban J connectivity index is 2.50. The molecule has 1 aromatic rings. The Morgan fingerprint density at radius 1 is 1.05 bits per heavy atom. The highest BCUT2D eigenvalue weighted by molar-refractivity contribution is 5.81. The molecule has 0 radical (unpaired) electrons. The molecule has 4 atom stereocenters. The maximum absolute atomic E-state index is 11.6. The smallest absolute Gasteiger partial charge is 0.251 e. The molecule has 112 valence electrons. The highest BCUT2D eigenvalue weighted by Gasteiger charge is 2.33. The zero-order valence-corrected chi connectivity index (χ0v) is 10.8. The van der Waals surface area contributed by atoms with Gasteiger partial charge in [0, 0.05) is 6.54 Å². The van der Waals surface area contributed by atoms with Gasteiger partial charge >= 0.3 is 0 Å². The minimum atomic E-state index is -1.91. The molecule has 0 aliphatic rings. The number of hydrogen-bond donors (Lipinski definition) is 6. The van der Waals surface area contributed by atoms with Gasteiger partial charge in [-0.25, -0.2) is 0 Å². The Bertz CT molecular complexity index is 413. The Hall–Kier alpha value is -1.51. The molecule has 0 saturated carbocycles. The number of benzene rings is 1. The number of rotatable bonds is 7. The average molecular weight is 285 g/mol. The summed E-state index contributed by atoms with van der Waals surface area (Å²) in [6.07, 6.45) is -7.26. The van der Waals surface area contributed by atoms with E-state index in [0.717, 1.165) is 5.56 Å². The zero-order chi connectivity index (χ0) is 15.1. The van der Waals surface area contributed by atoms with Gasteiger partial charge < -0.3 is 30.8 Å². The second-order valence-corrected chi connectivity index (χ2v) is 4.38. The van der Waals surface area contributed by atoms with Crippen LogP contribution in [-0.2, 0) is 11.3 Å². The molecule has 0 heterocycles. The largest absolute Gasteiger partial charge is 0.394 e. The van der Waals surface area contributed by atoms with E-state index in [4.69, 9.17) is 10.2 Å². The van der Waals surface area contributed by atoms with E-state index >= 15 is 0 Å². The Kier molecular flexibility index (Phi) is 6.56. The highest BCUT2D eigenvalue weighted by atomic mass is 16.4. The predicted octanol–water partition coefficient (Wildman–Crippen LogP) is -2.26. The summed E-state index contributed by atoms with van der Waals surface area (Å²) in [6, 6.07) is 8.93. The summed E-state index contributed by atoms with van der Waals surface area (Å²) in [6.45, 7) is -0.640. The molecule has 0 unspecified atom stereocenters. The lowest BCUT2D eigenvalue weighted by molar-refractivity contribution is -0.149. The van der Waals surface area contributed by atoms with Gasteiger partial charge in [0.2, 0.25) is 0 Å². The minimum absolute atomic E-state index is 0.155. The Morgan fingerprint density at radius 2 is 1.65 bits per heavy atom. The first-order valence-electron chi connectivity index (χ1n) is 6.12. The van der Waals surface area contributed by atoms with Crippen molar-refractivity contribution in [3.05, 3.63) is 35.9 Å². The van der Waals surface area contributed by atoms with Crippen LogP contribution in [0.25, 0.3) is 0 Å². The number of carbonyl (C=O) groups is 1. The van der Waals surface area contributed by atoms with Crippen LogP contribution >= 0.6 is 0 Å². The topological polar surface area (TPSA) is 130 Å². The number of hydrogen-bond acceptors (Lipinski definition) is 6. The van der Waals surface area contributed by atoms with Crippen molar-refractivity contribution in [2.24, 2.45) is 0 Å². The van der Waals surface area contributed by atoms with Crippen molar-refractivity contribution in [3.8, 4) is 0 Å². The molecule has 7 nitrogen and oxygen atoms in total. The van der Waals surface area contributed by atoms with Crippen LogP contribution in [-0.4, -0.2) is 62.5 Å². The first-order chi connectivity index (χ1) is 9.47. The van der Waals surface area contributed by atoms with Crippen LogP contribution in [0.5, 0.6) is 0 Å². The average Bonchev–Trinajstić information content (AvgIpc) is 2.50. The maximum atomic E-state index is 11.6. The van der Waals surface area contributed by atoms with Crippen molar-refractivity contribution in [2.75, 3.05) is 6.61 Å². The second-order valence-electron chi connectivity index (χ2n) is 4.38. The van der Waals surface area contributed by atoms with Gasteiger partial charge in [-0.05, 0) is 5.56 Å². The summed E-state index contributed by atoms with van der Waals surface area (Å²) in [5.41, 5.74) is 0.804. The third kappa shape index (κ3) is 4.55. The molecule has 0 bridgehead atoms. The fourth-order valence-corrected chi connectivity index (χ4v) is 1.57. The van der Waals surface area contributed by atoms with Crippen LogP contribution in [0.4, 0.5) is 0 Å². The van der Waals surface area contributed by atoms with Crippen LogP contribution in [0.1, 0.15) is 5.56 Å². The monoisotopic (exact) mass is 285 g/mol. The van der Waals surface area contributed by atoms with Crippen LogP contribution in [0.2, 0.25) is 0 Å². The van der Waals surface area contributed by atoms with E-state index in [9.17, 15) is 20.1 Å². The lowest BCUT2D eigenvalue weighted by Gasteiger charge is -2.24. The van der Waals surface area contributed by atoms with E-state index in [1.165, 1.54) is 0 Å². The molecule has 0 aliphatic heterocycles. The first kappa shape index (κ1) is 16.5. The molecule has 7 heteroatoms. The summed E-state index contributed by atoms with van der Waals surface area (Å²) < 4.78 is 0. The third-order valence-corrected chi connectivity index (χ3v) is 2.83. The van der Waals surface area contributed by atoms with Crippen LogP contribution in [0, 0.1) is 0 Å². The molecule has 0 fully saturated rings. The lowest BCUT2D eigenvalue weighted by atomic mass is 10.0. The van der Waals surface area contributed by atoms with Crippen LogP contribution in [0.15, 0.2) is 30.3 Å². The van der Waals surface area contributed by atoms with Crippen LogP contribution < -0.4 is 5.32 Å². The molecule has 1 rings (SSSR count). The number of carbonyl (C=O) groups excluding carboxylic acids is 1. The molecule has 0 aromatic heterocycles. The SMILES string of the molecule is O=C(NCc1ccccc1)[C@@H](O)[C@H](O)[C@H](O)[C@H](O)CO. The van der Waals surface area contributed by atoms with Gasteiger partial charge in [-0.3, -0.25) is 4.79 Å². The lowest BCUT2D eigenvalue weighted by Crippen LogP contribution is -2.51. The van der Waals surface area contributed by atoms with Gasteiger partial charge in [0.05, 0.1) is 6.61 Å². The van der Waals surface area contributed by atoms with E-state index < -0.39 is 36.9 Å². The maximum Gasteiger partial charge on any atom is 0.251 e. The van der Waals surface area contributed by atoms with Crippen molar-refractivity contribution in [2.45, 2.75) is 31.0 Å². The fourth-order valence-electron chi connectivity index (χ4n) is 1.57. The highest BCUT2D eigenvalue weighted by Crippen LogP contribution is 2.06. The number of aliphatic hydroxyl groups is 5. The second kappa shape index (κ2) is 7.93. The van der Waals surface area contributed by atoms with Gasteiger partial charge in [0.1, 0.15) is 18.3 Å². The molecule has 6 N–H and O–H groups in total. The Labute approximate surface area is 116 Å². The molecular weight excluding hydrogens is 266 g/mol. The van der Waals surface area contributed by atoms with Gasteiger partial charge in [-0.1, -0.05) is 30.3 Å². The normalized spacial score (nSPS) is 17.1. The molecule has 0 aliphatic carbocycles. The zero-order valence-electron chi connectivity index (χ0n) is 10.8.